The molecule has 3 aromatic rings. The minimum atomic E-state index is 0.539. The highest BCUT2D eigenvalue weighted by Gasteiger charge is 2.13. The first-order chi connectivity index (χ1) is 9.15. The van der Waals surface area contributed by atoms with Crippen molar-refractivity contribution in [2.45, 2.75) is 19.8 Å². The highest BCUT2D eigenvalue weighted by molar-refractivity contribution is 14.1. The Kier molecular flexibility index (Phi) is 3.54. The van der Waals surface area contributed by atoms with Crippen LogP contribution in [0.1, 0.15) is 25.3 Å². The molecule has 0 aliphatic rings. The molecule has 0 bridgehead atoms. The van der Waals surface area contributed by atoms with Gasteiger partial charge >= 0.3 is 0 Å². The summed E-state index contributed by atoms with van der Waals surface area (Å²) in [6, 6.07) is 8.51. The molecule has 0 amide bonds. The lowest BCUT2D eigenvalue weighted by Crippen LogP contribution is -1.95. The maximum absolute atomic E-state index is 3.55. The summed E-state index contributed by atoms with van der Waals surface area (Å²) >= 11 is 4.23. The van der Waals surface area contributed by atoms with Gasteiger partial charge in [0.2, 0.25) is 0 Å². The highest BCUT2D eigenvalue weighted by atomic mass is 127. The summed E-state index contributed by atoms with van der Waals surface area (Å²) in [7, 11) is 0. The number of hydrogen-bond donors (Lipinski definition) is 2. The number of fused-ring (bicyclic) bond motifs is 1. The topological polar surface area (TPSA) is 27.8 Å². The van der Waals surface area contributed by atoms with Crippen molar-refractivity contribution in [1.29, 1.82) is 0 Å². The van der Waals surface area contributed by atoms with Crippen molar-refractivity contribution in [1.82, 2.24) is 4.98 Å². The molecule has 4 heteroatoms. The molecule has 0 aliphatic carbocycles. The van der Waals surface area contributed by atoms with Crippen molar-refractivity contribution >= 4 is 56.2 Å². The molecule has 19 heavy (non-hydrogen) atoms. The van der Waals surface area contributed by atoms with Gasteiger partial charge in [0, 0.05) is 33.7 Å². The number of hydrogen-bond acceptors (Lipinski definition) is 2. The third kappa shape index (κ3) is 2.51. The second-order valence-corrected chi connectivity index (χ2v) is 7.59. The third-order valence-corrected chi connectivity index (χ3v) is 5.32. The van der Waals surface area contributed by atoms with Gasteiger partial charge < -0.3 is 10.3 Å². The number of aromatic amines is 1. The quantitative estimate of drug-likeness (QED) is 0.559. The molecule has 2 aromatic heterocycles. The van der Waals surface area contributed by atoms with E-state index in [1.165, 1.54) is 25.0 Å². The zero-order valence-corrected chi connectivity index (χ0v) is 13.8. The minimum Gasteiger partial charge on any atom is -0.361 e. The summed E-state index contributed by atoms with van der Waals surface area (Å²) in [5, 5.41) is 6.99. The van der Waals surface area contributed by atoms with Gasteiger partial charge in [0.05, 0.1) is 8.57 Å². The van der Waals surface area contributed by atoms with Crippen LogP contribution in [-0.2, 0) is 0 Å². The molecule has 98 valence electrons. The molecule has 2 N–H and O–H groups in total. The summed E-state index contributed by atoms with van der Waals surface area (Å²) < 4.78 is 1.37. The summed E-state index contributed by atoms with van der Waals surface area (Å²) in [6.45, 7) is 4.48. The van der Waals surface area contributed by atoms with Gasteiger partial charge in [0.1, 0.15) is 0 Å². The number of anilines is 2. The number of benzene rings is 1. The third-order valence-electron chi connectivity index (χ3n) is 3.19. The van der Waals surface area contributed by atoms with Gasteiger partial charge in [0.15, 0.2) is 0 Å². The van der Waals surface area contributed by atoms with E-state index in [0.29, 0.717) is 5.92 Å². The zero-order valence-electron chi connectivity index (χ0n) is 10.8. The summed E-state index contributed by atoms with van der Waals surface area (Å²) in [5.74, 6) is 0.539. The predicted octanol–water partition coefficient (Wildman–Crippen LogP) is 5.70. The van der Waals surface area contributed by atoms with E-state index in [0.717, 1.165) is 5.69 Å². The van der Waals surface area contributed by atoms with Gasteiger partial charge in [-0.05, 0) is 52.8 Å². The van der Waals surface area contributed by atoms with Crippen molar-refractivity contribution in [3.63, 3.8) is 0 Å². The monoisotopic (exact) mass is 382 g/mol. The van der Waals surface area contributed by atoms with Crippen LogP contribution in [0.5, 0.6) is 0 Å². The molecule has 0 unspecified atom stereocenters. The smallest absolute Gasteiger partial charge is 0.0709 e. The van der Waals surface area contributed by atoms with Crippen molar-refractivity contribution < 1.29 is 0 Å². The van der Waals surface area contributed by atoms with Crippen molar-refractivity contribution in [3.8, 4) is 0 Å². The summed E-state index contributed by atoms with van der Waals surface area (Å²) in [5.41, 5.74) is 4.97. The SMILES string of the molecule is CC(C)c1c(Nc2ccc3[nH]ccc3c2)csc1I. The number of nitrogens with one attached hydrogen (secondary N) is 2. The van der Waals surface area contributed by atoms with Crippen LogP contribution in [0.25, 0.3) is 10.9 Å². The summed E-state index contributed by atoms with van der Waals surface area (Å²) in [4.78, 5) is 3.22. The molecule has 0 saturated heterocycles. The lowest BCUT2D eigenvalue weighted by molar-refractivity contribution is 0.869. The van der Waals surface area contributed by atoms with Crippen molar-refractivity contribution in [2.24, 2.45) is 0 Å². The molecule has 1 aromatic carbocycles. The lowest BCUT2D eigenvalue weighted by atomic mass is 10.1. The Morgan fingerprint density at radius 2 is 2.11 bits per heavy atom. The van der Waals surface area contributed by atoms with Crippen LogP contribution in [0.3, 0.4) is 0 Å². The molecule has 2 nitrogen and oxygen atoms in total. The number of halogens is 1. The number of H-pyrrole nitrogens is 1. The standard InChI is InChI=1S/C15H15IN2S/c1-9(2)14-13(8-19-15(14)16)18-11-3-4-12-10(7-11)5-6-17-12/h3-9,17-18H,1-2H3. The average Bonchev–Trinajstić information content (AvgIpc) is 2.95. The normalized spacial score (nSPS) is 11.4. The van der Waals surface area contributed by atoms with Gasteiger partial charge in [-0.15, -0.1) is 11.3 Å². The van der Waals surface area contributed by atoms with Crippen LogP contribution in [0.2, 0.25) is 0 Å². The van der Waals surface area contributed by atoms with E-state index in [2.05, 4.69) is 76.4 Å². The molecule has 0 atom stereocenters. The minimum absolute atomic E-state index is 0.539. The second-order valence-electron chi connectivity index (χ2n) is 4.90. The van der Waals surface area contributed by atoms with Crippen LogP contribution in [0.4, 0.5) is 11.4 Å². The van der Waals surface area contributed by atoms with Crippen LogP contribution in [-0.4, -0.2) is 4.98 Å². The number of aromatic nitrogens is 1. The Morgan fingerprint density at radius 1 is 1.26 bits per heavy atom. The first kappa shape index (κ1) is 13.0. The van der Waals surface area contributed by atoms with Gasteiger partial charge in [-0.1, -0.05) is 13.8 Å². The molecular weight excluding hydrogens is 367 g/mol. The van der Waals surface area contributed by atoms with Gasteiger partial charge in [0.25, 0.3) is 0 Å². The Hall–Kier alpha value is -1.01. The summed E-state index contributed by atoms with van der Waals surface area (Å²) in [6.07, 6.45) is 1.97. The molecule has 2 heterocycles. The Labute approximate surface area is 130 Å². The first-order valence-electron chi connectivity index (χ1n) is 6.26. The molecule has 3 rings (SSSR count). The van der Waals surface area contributed by atoms with E-state index >= 15 is 0 Å². The zero-order chi connectivity index (χ0) is 13.4. The Bertz CT molecular complexity index is 712. The van der Waals surface area contributed by atoms with Gasteiger partial charge in [-0.2, -0.15) is 0 Å². The highest BCUT2D eigenvalue weighted by Crippen LogP contribution is 2.36. The van der Waals surface area contributed by atoms with Gasteiger partial charge in [-0.3, -0.25) is 0 Å². The fraction of sp³-hybridized carbons (Fsp3) is 0.200. The van der Waals surface area contributed by atoms with E-state index < -0.39 is 0 Å². The fourth-order valence-electron chi connectivity index (χ4n) is 2.26. The second kappa shape index (κ2) is 5.17. The number of thiophene rings is 1. The molecule has 0 aliphatic heterocycles. The molecule has 0 saturated carbocycles. The van der Waals surface area contributed by atoms with Crippen LogP contribution >= 0.6 is 33.9 Å². The maximum atomic E-state index is 3.55. The molecular formula is C15H15IN2S. The fourth-order valence-corrected chi connectivity index (χ4v) is 4.44. The van der Waals surface area contributed by atoms with E-state index in [1.807, 2.05) is 6.20 Å². The average molecular weight is 382 g/mol. The molecule has 0 fully saturated rings. The molecule has 0 radical (unpaired) electrons. The van der Waals surface area contributed by atoms with Crippen molar-refractivity contribution in [3.05, 3.63) is 44.3 Å². The lowest BCUT2D eigenvalue weighted by Gasteiger charge is -2.11. The van der Waals surface area contributed by atoms with E-state index in [-0.39, 0.29) is 0 Å². The Morgan fingerprint density at radius 3 is 2.89 bits per heavy atom. The van der Waals surface area contributed by atoms with E-state index in [9.17, 15) is 0 Å². The van der Waals surface area contributed by atoms with Crippen LogP contribution in [0.15, 0.2) is 35.8 Å². The first-order valence-corrected chi connectivity index (χ1v) is 8.22. The van der Waals surface area contributed by atoms with Crippen LogP contribution in [0, 0.1) is 2.88 Å². The van der Waals surface area contributed by atoms with Crippen molar-refractivity contribution in [2.75, 3.05) is 5.32 Å². The number of rotatable bonds is 3. The van der Waals surface area contributed by atoms with Gasteiger partial charge in [-0.25, -0.2) is 0 Å². The maximum Gasteiger partial charge on any atom is 0.0709 e. The van der Waals surface area contributed by atoms with Crippen LogP contribution < -0.4 is 5.32 Å². The van der Waals surface area contributed by atoms with E-state index in [1.54, 1.807) is 11.3 Å². The van der Waals surface area contributed by atoms with E-state index in [4.69, 9.17) is 0 Å². The largest absolute Gasteiger partial charge is 0.361 e. The molecule has 0 spiro atoms. The predicted molar refractivity (Wildman–Crippen MR) is 92.7 cm³/mol. The Balaban J connectivity index is 1.96.